The van der Waals surface area contributed by atoms with Gasteiger partial charge in [0.25, 0.3) is 15.6 Å². The highest BCUT2D eigenvalue weighted by Crippen LogP contribution is 2.56. The zero-order valence-electron chi connectivity index (χ0n) is 22.3. The number of thiocarbonyl (C=S) groups is 1. The van der Waals surface area contributed by atoms with Crippen LogP contribution in [0.3, 0.4) is 0 Å². The predicted molar refractivity (Wildman–Crippen MR) is 145 cm³/mol. The van der Waals surface area contributed by atoms with Crippen LogP contribution in [0.1, 0.15) is 12.6 Å². The summed E-state index contributed by atoms with van der Waals surface area (Å²) in [5.41, 5.74) is 12.3. The van der Waals surface area contributed by atoms with Crippen LogP contribution in [0.15, 0.2) is 36.7 Å². The predicted octanol–water partition coefficient (Wildman–Crippen LogP) is -3.15. The smallest absolute Gasteiger partial charge is 0.274 e. The standard InChI is InChI=1S/C21H29N7O13P2S/c22-17-12-19(25-7-24-17)28(8-26-12)21-16(32)14(30)11(40-21)6-38-43(35,36)41-42(33,34)37-5-10-13(29)15(31)20(39-10)27-3-1-2-9(4-27)18(23)44/h1,3-4,7-8,10-11,13-16,20-21,29-32H,2,5-6H2,(H2,23,44)(H,33,34)(H,35,36)(H2,22,24,25)/p-2/t10-,11?,13-,14-,15-,16-,20-,21-/m1/s1. The zero-order chi connectivity index (χ0) is 32.0. The van der Waals surface area contributed by atoms with Gasteiger partial charge in [0.1, 0.15) is 53.5 Å². The van der Waals surface area contributed by atoms with Crippen LogP contribution < -0.4 is 21.3 Å². The van der Waals surface area contributed by atoms with Crippen LogP contribution >= 0.6 is 27.9 Å². The highest BCUT2D eigenvalue weighted by atomic mass is 32.1. The summed E-state index contributed by atoms with van der Waals surface area (Å²) in [7, 11) is -11.3. The van der Waals surface area contributed by atoms with Crippen molar-refractivity contribution in [3.63, 3.8) is 0 Å². The molecule has 3 aliphatic rings. The molecular formula is C21H27N7O13P2S-2. The Hall–Kier alpha value is -2.46. The van der Waals surface area contributed by atoms with Crippen LogP contribution in [0, 0.1) is 0 Å². The van der Waals surface area contributed by atoms with Crippen molar-refractivity contribution in [3.05, 3.63) is 36.7 Å². The fourth-order valence-corrected chi connectivity index (χ4v) is 6.82. The summed E-state index contributed by atoms with van der Waals surface area (Å²) in [5.74, 6) is 0.0444. The number of ether oxygens (including phenoxy) is 2. The first-order chi connectivity index (χ1) is 20.7. The summed E-state index contributed by atoms with van der Waals surface area (Å²) in [6.45, 7) is -1.91. The number of rotatable bonds is 11. The molecule has 3 unspecified atom stereocenters. The lowest BCUT2D eigenvalue weighted by atomic mass is 10.1. The Morgan fingerprint density at radius 3 is 2.20 bits per heavy atom. The number of phosphoric acid groups is 2. The lowest BCUT2D eigenvalue weighted by molar-refractivity contribution is -0.246. The molecule has 2 fully saturated rings. The summed E-state index contributed by atoms with van der Waals surface area (Å²) < 4.78 is 50.1. The molecule has 2 aromatic heterocycles. The lowest BCUT2D eigenvalue weighted by Crippen LogP contribution is -2.40. The van der Waals surface area contributed by atoms with Gasteiger partial charge >= 0.3 is 0 Å². The molecule has 0 spiro atoms. The summed E-state index contributed by atoms with van der Waals surface area (Å²) in [6, 6.07) is 0. The summed E-state index contributed by atoms with van der Waals surface area (Å²) in [5, 5.41) is 41.6. The van der Waals surface area contributed by atoms with E-state index in [1.807, 2.05) is 0 Å². The molecule has 0 amide bonds. The van der Waals surface area contributed by atoms with Crippen molar-refractivity contribution >= 4 is 49.8 Å². The Kier molecular flexibility index (Phi) is 9.53. The maximum atomic E-state index is 12.3. The second-order valence-corrected chi connectivity index (χ2v) is 13.2. The van der Waals surface area contributed by atoms with Crippen molar-refractivity contribution in [2.45, 2.75) is 55.5 Å². The molecule has 0 bridgehead atoms. The van der Waals surface area contributed by atoms with E-state index >= 15 is 0 Å². The second kappa shape index (κ2) is 12.7. The van der Waals surface area contributed by atoms with Gasteiger partial charge in [-0.25, -0.2) is 19.3 Å². The Bertz CT molecular complexity index is 1560. The van der Waals surface area contributed by atoms with Gasteiger partial charge in [-0.3, -0.25) is 13.7 Å². The van der Waals surface area contributed by atoms with E-state index in [0.29, 0.717) is 12.0 Å². The molecule has 3 aliphatic heterocycles. The summed E-state index contributed by atoms with van der Waals surface area (Å²) >= 11 is 4.94. The first kappa shape index (κ1) is 32.9. The quantitative estimate of drug-likeness (QED) is 0.101. The monoisotopic (exact) mass is 679 g/mol. The number of hydrogen-bond acceptors (Lipinski definition) is 19. The maximum Gasteiger partial charge on any atom is 0.274 e. The first-order valence-corrected chi connectivity index (χ1v) is 16.0. The third kappa shape index (κ3) is 6.86. The third-order valence-electron chi connectivity index (χ3n) is 6.86. The van der Waals surface area contributed by atoms with Gasteiger partial charge < -0.3 is 65.1 Å². The highest BCUT2D eigenvalue weighted by Gasteiger charge is 2.47. The fraction of sp³-hybridized carbons (Fsp3) is 0.524. The number of fused-ring (bicyclic) bond motifs is 1. The van der Waals surface area contributed by atoms with E-state index in [9.17, 15) is 39.3 Å². The van der Waals surface area contributed by atoms with Gasteiger partial charge in [-0.05, 0) is 6.42 Å². The Morgan fingerprint density at radius 1 is 1.00 bits per heavy atom. The van der Waals surface area contributed by atoms with Crippen LogP contribution in [0.4, 0.5) is 5.82 Å². The van der Waals surface area contributed by atoms with E-state index in [2.05, 4.69) is 28.3 Å². The van der Waals surface area contributed by atoms with Gasteiger partial charge in [0.05, 0.1) is 19.5 Å². The van der Waals surface area contributed by atoms with Crippen molar-refractivity contribution in [1.82, 2.24) is 24.4 Å². The molecule has 5 rings (SSSR count). The maximum absolute atomic E-state index is 12.3. The topological polar surface area (TPSA) is 306 Å². The van der Waals surface area contributed by atoms with Gasteiger partial charge in [0.15, 0.2) is 23.9 Å². The Balaban J connectivity index is 1.15. The average molecular weight is 679 g/mol. The van der Waals surface area contributed by atoms with E-state index in [-0.39, 0.29) is 22.0 Å². The van der Waals surface area contributed by atoms with Crippen molar-refractivity contribution in [2.24, 2.45) is 5.73 Å². The number of imidazole rings is 1. The van der Waals surface area contributed by atoms with Crippen molar-refractivity contribution in [2.75, 3.05) is 18.9 Å². The molecule has 242 valence electrons. The number of nitrogen functional groups attached to an aromatic ring is 1. The van der Waals surface area contributed by atoms with Gasteiger partial charge in [-0.15, -0.1) is 0 Å². The minimum atomic E-state index is -5.66. The molecule has 23 heteroatoms. The largest absolute Gasteiger partial charge is 0.756 e. The summed E-state index contributed by atoms with van der Waals surface area (Å²) in [4.78, 5) is 37.9. The molecule has 2 aromatic rings. The normalized spacial score (nSPS) is 33.3. The number of aliphatic hydroxyl groups is 4. The number of anilines is 1. The summed E-state index contributed by atoms with van der Waals surface area (Å²) in [6.07, 6.45) is -4.36. The first-order valence-electron chi connectivity index (χ1n) is 12.7. The lowest BCUT2D eigenvalue weighted by Gasteiger charge is -2.32. The van der Waals surface area contributed by atoms with E-state index < -0.39 is 77.9 Å². The minimum absolute atomic E-state index is 0.0444. The second-order valence-electron chi connectivity index (χ2n) is 9.80. The average Bonchev–Trinajstić information content (AvgIpc) is 3.61. The van der Waals surface area contributed by atoms with Crippen molar-refractivity contribution < 1.29 is 62.2 Å². The molecule has 5 heterocycles. The molecule has 2 saturated heterocycles. The number of hydrogen-bond donors (Lipinski definition) is 6. The third-order valence-corrected chi connectivity index (χ3v) is 9.65. The molecule has 10 atom stereocenters. The molecule has 8 N–H and O–H groups in total. The molecule has 0 aliphatic carbocycles. The number of aromatic nitrogens is 4. The van der Waals surface area contributed by atoms with Crippen LogP contribution in [0.5, 0.6) is 0 Å². The van der Waals surface area contributed by atoms with E-state index in [1.54, 1.807) is 6.08 Å². The van der Waals surface area contributed by atoms with Crippen molar-refractivity contribution in [3.8, 4) is 0 Å². The van der Waals surface area contributed by atoms with Gasteiger partial charge in [0, 0.05) is 18.0 Å². The number of nitrogens with zero attached hydrogens (tertiary/aromatic N) is 5. The molecule has 44 heavy (non-hydrogen) atoms. The van der Waals surface area contributed by atoms with E-state index in [1.165, 1.54) is 28.2 Å². The molecule has 0 saturated carbocycles. The number of allylic oxidation sites excluding steroid dienone is 1. The Labute approximate surface area is 253 Å². The molecule has 0 aromatic carbocycles. The van der Waals surface area contributed by atoms with Gasteiger partial charge in [-0.1, -0.05) is 18.3 Å². The highest BCUT2D eigenvalue weighted by molar-refractivity contribution is 7.80. The van der Waals surface area contributed by atoms with Crippen LogP contribution in [-0.2, 0) is 32.0 Å². The van der Waals surface area contributed by atoms with E-state index in [4.69, 9.17) is 33.2 Å². The van der Waals surface area contributed by atoms with Crippen molar-refractivity contribution in [1.29, 1.82) is 0 Å². The molecule has 0 radical (unpaired) electrons. The van der Waals surface area contributed by atoms with Crippen LogP contribution in [0.25, 0.3) is 11.2 Å². The van der Waals surface area contributed by atoms with Gasteiger partial charge in [0.2, 0.25) is 0 Å². The zero-order valence-corrected chi connectivity index (χ0v) is 24.9. The SMILES string of the molecule is NC(=S)C1=CN([C@@H]2O[C@H](COP(=O)([O-])OP(=O)([O-])OCC3O[C@@H](n4cnc5c(N)ncnc54)[C@H](O)[C@@H]3O)[C@@H](O)[C@H]2O)C=CC1. The molecule has 20 nitrogen and oxygen atoms in total. The van der Waals surface area contributed by atoms with E-state index in [0.717, 1.165) is 6.33 Å². The Morgan fingerprint density at radius 2 is 1.59 bits per heavy atom. The molecular weight excluding hydrogens is 652 g/mol. The number of nitrogens with two attached hydrogens (primary N) is 2. The number of aliphatic hydroxyl groups excluding tert-OH is 4. The minimum Gasteiger partial charge on any atom is -0.756 e. The van der Waals surface area contributed by atoms with Gasteiger partial charge in [-0.2, -0.15) is 0 Å². The van der Waals surface area contributed by atoms with Crippen LogP contribution in [0.2, 0.25) is 0 Å². The fourth-order valence-electron chi connectivity index (χ4n) is 4.66. The van der Waals surface area contributed by atoms with Crippen LogP contribution in [-0.4, -0.2) is 106 Å². The number of phosphoric ester groups is 2.